The molecule has 0 fully saturated rings. The van der Waals surface area contributed by atoms with Crippen molar-refractivity contribution in [1.82, 2.24) is 5.32 Å². The summed E-state index contributed by atoms with van der Waals surface area (Å²) < 4.78 is 14.0. The molecule has 0 radical (unpaired) electrons. The Labute approximate surface area is 132 Å². The smallest absolute Gasteiger partial charge is 0.123 e. The molecule has 1 nitrogen and oxygen atoms in total. The maximum atomic E-state index is 13.0. The molecule has 0 saturated carbocycles. The third kappa shape index (κ3) is 4.05. The molecule has 20 heavy (non-hydrogen) atoms. The third-order valence-electron chi connectivity index (χ3n) is 3.14. The van der Waals surface area contributed by atoms with E-state index < -0.39 is 0 Å². The summed E-state index contributed by atoms with van der Waals surface area (Å²) in [6.07, 6.45) is 0.800. The van der Waals surface area contributed by atoms with Crippen molar-refractivity contribution in [3.63, 3.8) is 0 Å². The number of hydrogen-bond donors (Lipinski definition) is 1. The SMILES string of the molecule is CCNC(Cc1ccc(F)cc1)c1ccc(Cl)cc1Br. The van der Waals surface area contributed by atoms with Gasteiger partial charge in [-0.15, -0.1) is 0 Å². The molecule has 0 aliphatic rings. The van der Waals surface area contributed by atoms with E-state index in [1.807, 2.05) is 30.3 Å². The van der Waals surface area contributed by atoms with E-state index >= 15 is 0 Å². The van der Waals surface area contributed by atoms with Crippen molar-refractivity contribution in [3.8, 4) is 0 Å². The van der Waals surface area contributed by atoms with Crippen molar-refractivity contribution < 1.29 is 4.39 Å². The van der Waals surface area contributed by atoms with E-state index in [-0.39, 0.29) is 11.9 Å². The predicted molar refractivity (Wildman–Crippen MR) is 85.7 cm³/mol. The second-order valence-corrected chi connectivity index (χ2v) is 5.90. The fourth-order valence-corrected chi connectivity index (χ4v) is 3.14. The van der Waals surface area contributed by atoms with Gasteiger partial charge < -0.3 is 5.32 Å². The maximum Gasteiger partial charge on any atom is 0.123 e. The van der Waals surface area contributed by atoms with Gasteiger partial charge >= 0.3 is 0 Å². The Bertz CT molecular complexity index is 571. The van der Waals surface area contributed by atoms with Gasteiger partial charge in [-0.3, -0.25) is 0 Å². The van der Waals surface area contributed by atoms with Gasteiger partial charge in [0.2, 0.25) is 0 Å². The Hall–Kier alpha value is -0.900. The molecule has 106 valence electrons. The average molecular weight is 357 g/mol. The van der Waals surface area contributed by atoms with E-state index in [4.69, 9.17) is 11.6 Å². The largest absolute Gasteiger partial charge is 0.310 e. The van der Waals surface area contributed by atoms with Crippen molar-refractivity contribution in [2.75, 3.05) is 6.54 Å². The molecule has 0 saturated heterocycles. The number of halogens is 3. The van der Waals surface area contributed by atoms with Crippen LogP contribution in [0.2, 0.25) is 5.02 Å². The summed E-state index contributed by atoms with van der Waals surface area (Å²) in [7, 11) is 0. The third-order valence-corrected chi connectivity index (χ3v) is 4.06. The van der Waals surface area contributed by atoms with Crippen LogP contribution in [0.25, 0.3) is 0 Å². The first kappa shape index (κ1) is 15.5. The minimum Gasteiger partial charge on any atom is -0.310 e. The standard InChI is InChI=1S/C16H16BrClFN/c1-2-20-16(9-11-3-6-13(19)7-4-11)14-8-5-12(18)10-15(14)17/h3-8,10,16,20H,2,9H2,1H3. The fourth-order valence-electron chi connectivity index (χ4n) is 2.18. The summed E-state index contributed by atoms with van der Waals surface area (Å²) in [4.78, 5) is 0. The van der Waals surface area contributed by atoms with Crippen LogP contribution in [0.5, 0.6) is 0 Å². The first-order valence-corrected chi connectivity index (χ1v) is 7.70. The Morgan fingerprint density at radius 3 is 2.50 bits per heavy atom. The van der Waals surface area contributed by atoms with Crippen molar-refractivity contribution >= 4 is 27.5 Å². The Morgan fingerprint density at radius 1 is 1.20 bits per heavy atom. The highest BCUT2D eigenvalue weighted by Gasteiger charge is 2.14. The number of benzene rings is 2. The lowest BCUT2D eigenvalue weighted by atomic mass is 9.99. The molecule has 0 heterocycles. The van der Waals surface area contributed by atoms with Crippen LogP contribution < -0.4 is 5.32 Å². The van der Waals surface area contributed by atoms with Gasteiger partial charge in [-0.05, 0) is 48.4 Å². The van der Waals surface area contributed by atoms with Gasteiger partial charge in [-0.1, -0.05) is 52.7 Å². The quantitative estimate of drug-likeness (QED) is 0.782. The summed E-state index contributed by atoms with van der Waals surface area (Å²) in [5.41, 5.74) is 2.25. The minimum absolute atomic E-state index is 0.164. The van der Waals surface area contributed by atoms with E-state index in [2.05, 4.69) is 28.2 Å². The lowest BCUT2D eigenvalue weighted by molar-refractivity contribution is 0.547. The molecule has 0 aromatic heterocycles. The zero-order valence-electron chi connectivity index (χ0n) is 11.2. The Kier molecular flexibility index (Phi) is 5.58. The number of rotatable bonds is 5. The predicted octanol–water partition coefficient (Wildman–Crippen LogP) is 5.13. The molecular weight excluding hydrogens is 341 g/mol. The first-order chi connectivity index (χ1) is 9.60. The number of nitrogens with one attached hydrogen (secondary N) is 1. The highest BCUT2D eigenvalue weighted by Crippen LogP contribution is 2.28. The highest BCUT2D eigenvalue weighted by molar-refractivity contribution is 9.10. The molecule has 2 aromatic rings. The van der Waals surface area contributed by atoms with Crippen molar-refractivity contribution in [2.24, 2.45) is 0 Å². The molecule has 1 unspecified atom stereocenters. The van der Waals surface area contributed by atoms with Crippen molar-refractivity contribution in [2.45, 2.75) is 19.4 Å². The van der Waals surface area contributed by atoms with Gasteiger partial charge in [0.1, 0.15) is 5.82 Å². The molecule has 0 aliphatic carbocycles. The van der Waals surface area contributed by atoms with Gasteiger partial charge in [0.05, 0.1) is 0 Å². The van der Waals surface area contributed by atoms with Crippen LogP contribution >= 0.6 is 27.5 Å². The van der Waals surface area contributed by atoms with Crippen LogP contribution in [0.3, 0.4) is 0 Å². The van der Waals surface area contributed by atoms with Crippen LogP contribution in [0, 0.1) is 5.82 Å². The zero-order valence-corrected chi connectivity index (χ0v) is 13.5. The van der Waals surface area contributed by atoms with Gasteiger partial charge in [0.15, 0.2) is 0 Å². The minimum atomic E-state index is -0.207. The molecule has 4 heteroatoms. The van der Waals surface area contributed by atoms with Crippen molar-refractivity contribution in [3.05, 3.63) is 68.9 Å². The topological polar surface area (TPSA) is 12.0 Å². The van der Waals surface area contributed by atoms with E-state index in [0.29, 0.717) is 5.02 Å². The molecule has 2 rings (SSSR count). The molecule has 0 spiro atoms. The van der Waals surface area contributed by atoms with E-state index in [1.54, 1.807) is 0 Å². The number of likely N-dealkylation sites (N-methyl/N-ethyl adjacent to an activating group) is 1. The molecule has 0 amide bonds. The first-order valence-electron chi connectivity index (χ1n) is 6.53. The van der Waals surface area contributed by atoms with Crippen LogP contribution in [0.1, 0.15) is 24.1 Å². The molecule has 0 bridgehead atoms. The van der Waals surface area contributed by atoms with Crippen LogP contribution in [-0.4, -0.2) is 6.54 Å². The molecule has 1 atom stereocenters. The van der Waals surface area contributed by atoms with Crippen LogP contribution in [0.15, 0.2) is 46.9 Å². The monoisotopic (exact) mass is 355 g/mol. The normalized spacial score (nSPS) is 12.4. The van der Waals surface area contributed by atoms with Gasteiger partial charge in [-0.25, -0.2) is 4.39 Å². The van der Waals surface area contributed by atoms with Crippen LogP contribution in [-0.2, 0) is 6.42 Å². The second kappa shape index (κ2) is 7.21. The van der Waals surface area contributed by atoms with Gasteiger partial charge in [-0.2, -0.15) is 0 Å². The Morgan fingerprint density at radius 2 is 1.90 bits per heavy atom. The molecular formula is C16H16BrClFN. The van der Waals surface area contributed by atoms with Crippen LogP contribution in [0.4, 0.5) is 4.39 Å². The molecule has 0 aliphatic heterocycles. The van der Waals surface area contributed by atoms with E-state index in [1.165, 1.54) is 12.1 Å². The van der Waals surface area contributed by atoms with Crippen molar-refractivity contribution in [1.29, 1.82) is 0 Å². The number of hydrogen-bond acceptors (Lipinski definition) is 1. The fraction of sp³-hybridized carbons (Fsp3) is 0.250. The summed E-state index contributed by atoms with van der Waals surface area (Å²) >= 11 is 9.54. The summed E-state index contributed by atoms with van der Waals surface area (Å²) in [6.45, 7) is 2.93. The second-order valence-electron chi connectivity index (χ2n) is 4.61. The average Bonchev–Trinajstić information content (AvgIpc) is 2.41. The lowest BCUT2D eigenvalue weighted by Crippen LogP contribution is -2.23. The lowest BCUT2D eigenvalue weighted by Gasteiger charge is -2.20. The summed E-state index contributed by atoms with van der Waals surface area (Å²) in [5, 5.41) is 4.16. The van der Waals surface area contributed by atoms with E-state index in [0.717, 1.165) is 28.6 Å². The maximum absolute atomic E-state index is 13.0. The Balaban J connectivity index is 2.24. The van der Waals surface area contributed by atoms with Gasteiger partial charge in [0, 0.05) is 15.5 Å². The van der Waals surface area contributed by atoms with Gasteiger partial charge in [0.25, 0.3) is 0 Å². The highest BCUT2D eigenvalue weighted by atomic mass is 79.9. The van der Waals surface area contributed by atoms with E-state index in [9.17, 15) is 4.39 Å². The molecule has 1 N–H and O–H groups in total. The summed E-state index contributed by atoms with van der Waals surface area (Å²) in [6, 6.07) is 12.6. The summed E-state index contributed by atoms with van der Waals surface area (Å²) in [5.74, 6) is -0.207. The molecule has 2 aromatic carbocycles. The zero-order chi connectivity index (χ0) is 14.5.